The summed E-state index contributed by atoms with van der Waals surface area (Å²) in [6, 6.07) is 0. The molecule has 0 fully saturated rings. The number of unbranched alkanes of at least 4 members (excludes halogenated alkanes) is 3. The topological polar surface area (TPSA) is 34.1 Å². The van der Waals surface area contributed by atoms with Crippen LogP contribution in [-0.4, -0.2) is 19.9 Å². The Bertz CT molecular complexity index is 283. The van der Waals surface area contributed by atoms with Gasteiger partial charge in [0.05, 0.1) is 5.75 Å². The van der Waals surface area contributed by atoms with E-state index in [-0.39, 0.29) is 11.2 Å². The fraction of sp³-hybridized carbons (Fsp3) is 1.00. The Balaban J connectivity index is 4.09. The van der Waals surface area contributed by atoms with Crippen LogP contribution in [0.25, 0.3) is 0 Å². The first kappa shape index (κ1) is 16.9. The van der Waals surface area contributed by atoms with Crippen LogP contribution in [0, 0.1) is 5.41 Å². The second-order valence-electron chi connectivity index (χ2n) is 5.46. The fourth-order valence-corrected chi connectivity index (χ4v) is 3.10. The molecule has 0 bridgehead atoms. The molecule has 1 unspecified atom stereocenters. The molecule has 0 N–H and O–H groups in total. The van der Waals surface area contributed by atoms with Gasteiger partial charge in [0.15, 0.2) is 0 Å². The van der Waals surface area contributed by atoms with E-state index in [9.17, 15) is 8.42 Å². The highest BCUT2D eigenvalue weighted by Crippen LogP contribution is 2.32. The van der Waals surface area contributed by atoms with Crippen molar-refractivity contribution in [3.8, 4) is 0 Å². The monoisotopic (exact) mass is 262 g/mol. The molecule has 0 aliphatic carbocycles. The van der Waals surface area contributed by atoms with Gasteiger partial charge in [-0.25, -0.2) is 8.42 Å². The molecule has 0 spiro atoms. The van der Waals surface area contributed by atoms with E-state index in [4.69, 9.17) is 0 Å². The van der Waals surface area contributed by atoms with Gasteiger partial charge in [-0.1, -0.05) is 59.8 Å². The lowest BCUT2D eigenvalue weighted by Gasteiger charge is -2.28. The predicted octanol–water partition coefficient (Wildman–Crippen LogP) is 4.20. The fourth-order valence-electron chi connectivity index (χ4n) is 2.00. The summed E-state index contributed by atoms with van der Waals surface area (Å²) in [7, 11) is -2.80. The third-order valence-corrected chi connectivity index (χ3v) is 5.65. The van der Waals surface area contributed by atoms with Gasteiger partial charge in [0, 0.05) is 5.75 Å². The van der Waals surface area contributed by atoms with Gasteiger partial charge in [-0.15, -0.1) is 0 Å². The van der Waals surface area contributed by atoms with Gasteiger partial charge < -0.3 is 0 Å². The molecule has 0 aliphatic rings. The quantitative estimate of drug-likeness (QED) is 0.553. The van der Waals surface area contributed by atoms with Gasteiger partial charge in [0.1, 0.15) is 9.84 Å². The van der Waals surface area contributed by atoms with Crippen LogP contribution in [0.3, 0.4) is 0 Å². The third kappa shape index (κ3) is 7.80. The molecule has 3 heteroatoms. The van der Waals surface area contributed by atoms with Crippen LogP contribution in [-0.2, 0) is 9.84 Å². The minimum atomic E-state index is -2.80. The van der Waals surface area contributed by atoms with Gasteiger partial charge in [-0.05, 0) is 18.3 Å². The van der Waals surface area contributed by atoms with E-state index < -0.39 is 9.84 Å². The van der Waals surface area contributed by atoms with Crippen LogP contribution in [0.2, 0.25) is 0 Å². The Morgan fingerprint density at radius 1 is 0.941 bits per heavy atom. The van der Waals surface area contributed by atoms with E-state index >= 15 is 0 Å². The normalized spacial score (nSPS) is 15.8. The van der Waals surface area contributed by atoms with Crippen LogP contribution in [0.15, 0.2) is 0 Å². The van der Waals surface area contributed by atoms with Crippen molar-refractivity contribution in [2.24, 2.45) is 5.41 Å². The van der Waals surface area contributed by atoms with E-state index in [1.165, 1.54) is 32.1 Å². The van der Waals surface area contributed by atoms with E-state index in [1.807, 2.05) is 0 Å². The molecule has 0 amide bonds. The van der Waals surface area contributed by atoms with Gasteiger partial charge >= 0.3 is 0 Å². The molecule has 104 valence electrons. The SMILES string of the molecule is CCCCCCC(C)(CC)CCS(=O)(=O)CC. The van der Waals surface area contributed by atoms with Crippen LogP contribution in [0.1, 0.15) is 72.6 Å². The van der Waals surface area contributed by atoms with Crippen molar-refractivity contribution >= 4 is 9.84 Å². The third-order valence-electron chi connectivity index (χ3n) is 3.94. The minimum Gasteiger partial charge on any atom is -0.229 e. The summed E-state index contributed by atoms with van der Waals surface area (Å²) in [5.41, 5.74) is 0.218. The molecule has 2 nitrogen and oxygen atoms in total. The molecule has 0 rings (SSSR count). The zero-order valence-electron chi connectivity index (χ0n) is 12.1. The summed E-state index contributed by atoms with van der Waals surface area (Å²) in [5.74, 6) is 0.643. The van der Waals surface area contributed by atoms with E-state index in [1.54, 1.807) is 6.92 Å². The lowest BCUT2D eigenvalue weighted by molar-refractivity contribution is 0.263. The summed E-state index contributed by atoms with van der Waals surface area (Å²) >= 11 is 0. The largest absolute Gasteiger partial charge is 0.229 e. The Morgan fingerprint density at radius 2 is 1.59 bits per heavy atom. The summed E-state index contributed by atoms with van der Waals surface area (Å²) in [6.07, 6.45) is 8.16. The number of hydrogen-bond acceptors (Lipinski definition) is 2. The highest BCUT2D eigenvalue weighted by Gasteiger charge is 2.23. The second-order valence-corrected chi connectivity index (χ2v) is 7.93. The maximum Gasteiger partial charge on any atom is 0.150 e. The summed E-state index contributed by atoms with van der Waals surface area (Å²) < 4.78 is 23.1. The lowest BCUT2D eigenvalue weighted by Crippen LogP contribution is -2.21. The molecule has 0 aromatic rings. The molecule has 0 saturated heterocycles. The van der Waals surface area contributed by atoms with Crippen molar-refractivity contribution in [2.75, 3.05) is 11.5 Å². The molecule has 0 aromatic carbocycles. The van der Waals surface area contributed by atoms with Gasteiger partial charge in [-0.3, -0.25) is 0 Å². The standard InChI is InChI=1S/C14H30O2S/c1-5-8-9-10-11-14(4,6-2)12-13-17(15,16)7-3/h5-13H2,1-4H3. The zero-order valence-corrected chi connectivity index (χ0v) is 12.9. The molecule has 0 aromatic heterocycles. The van der Waals surface area contributed by atoms with Crippen molar-refractivity contribution in [2.45, 2.75) is 72.6 Å². The van der Waals surface area contributed by atoms with E-state index in [0.29, 0.717) is 5.75 Å². The Morgan fingerprint density at radius 3 is 2.06 bits per heavy atom. The lowest BCUT2D eigenvalue weighted by atomic mass is 9.80. The summed E-state index contributed by atoms with van der Waals surface area (Å²) in [5, 5.41) is 0. The highest BCUT2D eigenvalue weighted by molar-refractivity contribution is 7.91. The second kappa shape index (κ2) is 8.12. The van der Waals surface area contributed by atoms with Crippen molar-refractivity contribution in [1.82, 2.24) is 0 Å². The van der Waals surface area contributed by atoms with Gasteiger partial charge in [-0.2, -0.15) is 0 Å². The highest BCUT2D eigenvalue weighted by atomic mass is 32.2. The molecule has 0 saturated carbocycles. The van der Waals surface area contributed by atoms with Gasteiger partial charge in [0.2, 0.25) is 0 Å². The van der Waals surface area contributed by atoms with E-state index in [2.05, 4.69) is 20.8 Å². The summed E-state index contributed by atoms with van der Waals surface area (Å²) in [6.45, 7) is 8.37. The van der Waals surface area contributed by atoms with Crippen molar-refractivity contribution in [3.63, 3.8) is 0 Å². The average Bonchev–Trinajstić information content (AvgIpc) is 2.32. The smallest absolute Gasteiger partial charge is 0.150 e. The maximum atomic E-state index is 11.5. The first-order valence-electron chi connectivity index (χ1n) is 7.09. The molecule has 0 aliphatic heterocycles. The zero-order chi connectivity index (χ0) is 13.4. The summed E-state index contributed by atoms with van der Waals surface area (Å²) in [4.78, 5) is 0. The molecule has 17 heavy (non-hydrogen) atoms. The maximum absolute atomic E-state index is 11.5. The Labute approximate surface area is 108 Å². The predicted molar refractivity (Wildman–Crippen MR) is 76.1 cm³/mol. The van der Waals surface area contributed by atoms with Crippen LogP contribution in [0.4, 0.5) is 0 Å². The van der Waals surface area contributed by atoms with Crippen LogP contribution in [0.5, 0.6) is 0 Å². The van der Waals surface area contributed by atoms with Crippen LogP contribution >= 0.6 is 0 Å². The van der Waals surface area contributed by atoms with Gasteiger partial charge in [0.25, 0.3) is 0 Å². The molecule has 0 radical (unpaired) electrons. The molecule has 1 atom stereocenters. The first-order chi connectivity index (χ1) is 7.89. The Kier molecular flexibility index (Phi) is 8.10. The average molecular weight is 262 g/mol. The molecular weight excluding hydrogens is 232 g/mol. The van der Waals surface area contributed by atoms with Crippen molar-refractivity contribution in [1.29, 1.82) is 0 Å². The van der Waals surface area contributed by atoms with Crippen LogP contribution < -0.4 is 0 Å². The van der Waals surface area contributed by atoms with E-state index in [0.717, 1.165) is 12.8 Å². The molecule has 0 heterocycles. The Hall–Kier alpha value is -0.0500. The minimum absolute atomic E-state index is 0.218. The van der Waals surface area contributed by atoms with Crippen molar-refractivity contribution in [3.05, 3.63) is 0 Å². The molecular formula is C14H30O2S. The van der Waals surface area contributed by atoms with Crippen molar-refractivity contribution < 1.29 is 8.42 Å². The number of rotatable bonds is 10. The number of sulfone groups is 1. The first-order valence-corrected chi connectivity index (χ1v) is 8.91. The number of hydrogen-bond donors (Lipinski definition) is 0.